The molecule has 1 amide bonds. The minimum atomic E-state index is -3.76. The van der Waals surface area contributed by atoms with Crippen molar-refractivity contribution in [1.29, 1.82) is 0 Å². The summed E-state index contributed by atoms with van der Waals surface area (Å²) in [4.78, 5) is 12.5. The van der Waals surface area contributed by atoms with Crippen molar-refractivity contribution in [2.75, 3.05) is 18.4 Å². The molecule has 0 radical (unpaired) electrons. The molecular formula is C22H21ClN2O4S. The second-order valence-corrected chi connectivity index (χ2v) is 8.56. The molecule has 6 nitrogen and oxygen atoms in total. The summed E-state index contributed by atoms with van der Waals surface area (Å²) in [7, 11) is -2.15. The number of anilines is 1. The number of hydrogen-bond donors (Lipinski definition) is 2. The van der Waals surface area contributed by atoms with Gasteiger partial charge < -0.3 is 10.1 Å². The van der Waals surface area contributed by atoms with Crippen LogP contribution in [0.4, 0.5) is 5.69 Å². The van der Waals surface area contributed by atoms with Crippen molar-refractivity contribution in [1.82, 2.24) is 5.32 Å². The number of benzene rings is 3. The number of methoxy groups -OCH3 is 1. The lowest BCUT2D eigenvalue weighted by Crippen LogP contribution is -2.25. The zero-order valence-corrected chi connectivity index (χ0v) is 17.8. The van der Waals surface area contributed by atoms with Gasteiger partial charge in [-0.05, 0) is 54.4 Å². The highest BCUT2D eigenvalue weighted by molar-refractivity contribution is 7.92. The predicted molar refractivity (Wildman–Crippen MR) is 118 cm³/mol. The van der Waals surface area contributed by atoms with E-state index in [2.05, 4.69) is 10.0 Å². The van der Waals surface area contributed by atoms with Gasteiger partial charge in [-0.3, -0.25) is 9.52 Å². The summed E-state index contributed by atoms with van der Waals surface area (Å²) in [6.45, 7) is 0.450. The van der Waals surface area contributed by atoms with Crippen molar-refractivity contribution in [3.05, 3.63) is 88.9 Å². The molecule has 30 heavy (non-hydrogen) atoms. The molecule has 156 valence electrons. The van der Waals surface area contributed by atoms with E-state index in [1.165, 1.54) is 30.3 Å². The van der Waals surface area contributed by atoms with Crippen molar-refractivity contribution in [3.63, 3.8) is 0 Å². The maximum atomic E-state index is 12.4. The molecule has 0 saturated heterocycles. The molecule has 0 aliphatic carbocycles. The maximum absolute atomic E-state index is 12.4. The molecule has 3 aromatic rings. The van der Waals surface area contributed by atoms with Gasteiger partial charge in [0.15, 0.2) is 0 Å². The Morgan fingerprint density at radius 2 is 1.70 bits per heavy atom. The standard InChI is InChI=1S/C22H21ClN2O4S/c1-29-18-10-7-16(8-11-18)13-14-24-22(26)17-9-12-21(20(23)15-17)25-30(27,28)19-5-3-2-4-6-19/h2-12,15,25H,13-14H2,1H3,(H,24,26). The number of halogens is 1. The smallest absolute Gasteiger partial charge is 0.261 e. The van der Waals surface area contributed by atoms with E-state index in [0.29, 0.717) is 18.5 Å². The van der Waals surface area contributed by atoms with Gasteiger partial charge in [-0.15, -0.1) is 0 Å². The normalized spacial score (nSPS) is 11.0. The summed E-state index contributed by atoms with van der Waals surface area (Å²) in [5, 5.41) is 2.97. The van der Waals surface area contributed by atoms with Gasteiger partial charge in [-0.25, -0.2) is 8.42 Å². The number of carbonyl (C=O) groups is 1. The van der Waals surface area contributed by atoms with Gasteiger partial charge in [-0.2, -0.15) is 0 Å². The molecule has 0 bridgehead atoms. The summed E-state index contributed by atoms with van der Waals surface area (Å²) >= 11 is 6.21. The highest BCUT2D eigenvalue weighted by Crippen LogP contribution is 2.26. The lowest BCUT2D eigenvalue weighted by Gasteiger charge is -2.11. The van der Waals surface area contributed by atoms with E-state index in [0.717, 1.165) is 11.3 Å². The van der Waals surface area contributed by atoms with Crippen LogP contribution in [0.3, 0.4) is 0 Å². The lowest BCUT2D eigenvalue weighted by molar-refractivity contribution is 0.0954. The average Bonchev–Trinajstić information content (AvgIpc) is 2.76. The van der Waals surface area contributed by atoms with Crippen molar-refractivity contribution in [3.8, 4) is 5.75 Å². The van der Waals surface area contributed by atoms with Crippen LogP contribution in [0.5, 0.6) is 5.75 Å². The maximum Gasteiger partial charge on any atom is 0.261 e. The van der Waals surface area contributed by atoms with Crippen LogP contribution in [-0.2, 0) is 16.4 Å². The van der Waals surface area contributed by atoms with E-state index < -0.39 is 10.0 Å². The van der Waals surface area contributed by atoms with Crippen LogP contribution in [0.1, 0.15) is 15.9 Å². The van der Waals surface area contributed by atoms with E-state index in [-0.39, 0.29) is 21.5 Å². The van der Waals surface area contributed by atoms with Gasteiger partial charge in [-0.1, -0.05) is 41.9 Å². The van der Waals surface area contributed by atoms with Gasteiger partial charge in [0.05, 0.1) is 22.7 Å². The number of hydrogen-bond acceptors (Lipinski definition) is 4. The first-order valence-electron chi connectivity index (χ1n) is 9.17. The Labute approximate surface area is 180 Å². The van der Waals surface area contributed by atoms with Gasteiger partial charge in [0.25, 0.3) is 15.9 Å². The van der Waals surface area contributed by atoms with Crippen LogP contribution in [-0.4, -0.2) is 28.0 Å². The summed E-state index contributed by atoms with van der Waals surface area (Å²) < 4.78 is 32.4. The quantitative estimate of drug-likeness (QED) is 0.547. The number of rotatable bonds is 8. The summed E-state index contributed by atoms with van der Waals surface area (Å²) in [5.41, 5.74) is 1.62. The van der Waals surface area contributed by atoms with Crippen LogP contribution in [0.25, 0.3) is 0 Å². The molecule has 0 unspecified atom stereocenters. The third-order valence-electron chi connectivity index (χ3n) is 4.39. The number of carbonyl (C=O) groups excluding carboxylic acids is 1. The molecule has 0 spiro atoms. The Balaban J connectivity index is 1.60. The topological polar surface area (TPSA) is 84.5 Å². The lowest BCUT2D eigenvalue weighted by atomic mass is 10.1. The summed E-state index contributed by atoms with van der Waals surface area (Å²) in [5.74, 6) is 0.489. The van der Waals surface area contributed by atoms with Crippen molar-refractivity contribution in [2.24, 2.45) is 0 Å². The van der Waals surface area contributed by atoms with Crippen molar-refractivity contribution >= 4 is 33.2 Å². The van der Waals surface area contributed by atoms with Crippen LogP contribution in [0.15, 0.2) is 77.7 Å². The molecule has 0 aromatic heterocycles. The number of sulfonamides is 1. The zero-order valence-electron chi connectivity index (χ0n) is 16.3. The second kappa shape index (κ2) is 9.65. The average molecular weight is 445 g/mol. The van der Waals surface area contributed by atoms with Crippen LogP contribution in [0.2, 0.25) is 5.02 Å². The SMILES string of the molecule is COc1ccc(CCNC(=O)c2ccc(NS(=O)(=O)c3ccccc3)c(Cl)c2)cc1. The molecule has 3 rings (SSSR count). The van der Waals surface area contributed by atoms with Crippen LogP contribution >= 0.6 is 11.6 Å². The summed E-state index contributed by atoms with van der Waals surface area (Å²) in [6.07, 6.45) is 0.665. The van der Waals surface area contributed by atoms with Gasteiger partial charge >= 0.3 is 0 Å². The first-order chi connectivity index (χ1) is 14.4. The monoisotopic (exact) mass is 444 g/mol. The molecule has 0 saturated carbocycles. The number of nitrogens with one attached hydrogen (secondary N) is 2. The van der Waals surface area contributed by atoms with Crippen molar-refractivity contribution < 1.29 is 17.9 Å². The minimum Gasteiger partial charge on any atom is -0.497 e. The van der Waals surface area contributed by atoms with E-state index >= 15 is 0 Å². The van der Waals surface area contributed by atoms with E-state index in [1.54, 1.807) is 25.3 Å². The third-order valence-corrected chi connectivity index (χ3v) is 6.08. The van der Waals surface area contributed by atoms with Gasteiger partial charge in [0.1, 0.15) is 5.75 Å². The minimum absolute atomic E-state index is 0.126. The summed E-state index contributed by atoms with van der Waals surface area (Å²) in [6, 6.07) is 20.0. The molecule has 0 heterocycles. The predicted octanol–water partition coefficient (Wildman–Crippen LogP) is 4.12. The van der Waals surface area contributed by atoms with Gasteiger partial charge in [0.2, 0.25) is 0 Å². The first-order valence-corrected chi connectivity index (χ1v) is 11.0. The van der Waals surface area contributed by atoms with Crippen LogP contribution in [0, 0.1) is 0 Å². The van der Waals surface area contributed by atoms with Crippen LogP contribution < -0.4 is 14.8 Å². The molecule has 8 heteroatoms. The fourth-order valence-electron chi connectivity index (χ4n) is 2.76. The Bertz CT molecular complexity index is 1120. The number of amides is 1. The molecular weight excluding hydrogens is 424 g/mol. The Morgan fingerprint density at radius 1 is 1.00 bits per heavy atom. The molecule has 0 aliphatic heterocycles. The molecule has 0 fully saturated rings. The molecule has 2 N–H and O–H groups in total. The van der Waals surface area contributed by atoms with Crippen molar-refractivity contribution in [2.45, 2.75) is 11.3 Å². The number of ether oxygens (including phenoxy) is 1. The Hall–Kier alpha value is -3.03. The largest absolute Gasteiger partial charge is 0.497 e. The zero-order chi connectivity index (χ0) is 21.6. The van der Waals surface area contributed by atoms with E-state index in [1.807, 2.05) is 24.3 Å². The highest BCUT2D eigenvalue weighted by Gasteiger charge is 2.16. The van der Waals surface area contributed by atoms with E-state index in [4.69, 9.17) is 16.3 Å². The first kappa shape index (κ1) is 21.7. The third kappa shape index (κ3) is 5.52. The highest BCUT2D eigenvalue weighted by atomic mass is 35.5. The fraction of sp³-hybridized carbons (Fsp3) is 0.136. The van der Waals surface area contributed by atoms with E-state index in [9.17, 15) is 13.2 Å². The Morgan fingerprint density at radius 3 is 2.33 bits per heavy atom. The molecule has 0 atom stereocenters. The second-order valence-electron chi connectivity index (χ2n) is 6.47. The molecule has 0 aliphatic rings. The molecule has 3 aromatic carbocycles. The Kier molecular flexibility index (Phi) is 6.97. The fourth-order valence-corrected chi connectivity index (χ4v) is 4.14. The van der Waals surface area contributed by atoms with Gasteiger partial charge in [0, 0.05) is 12.1 Å².